The summed E-state index contributed by atoms with van der Waals surface area (Å²) in [5, 5.41) is 0. The molecule has 0 atom stereocenters. The van der Waals surface area contributed by atoms with Gasteiger partial charge in [-0.1, -0.05) is 6.07 Å². The van der Waals surface area contributed by atoms with E-state index in [0.29, 0.717) is 36.0 Å². The fraction of sp³-hybridized carbons (Fsp3) is 0.476. The highest BCUT2D eigenvalue weighted by atomic mass is 32.2. The minimum atomic E-state index is -3.91. The average Bonchev–Trinajstić information content (AvgIpc) is 3.30. The van der Waals surface area contributed by atoms with Gasteiger partial charge in [0.25, 0.3) is 5.91 Å². The second kappa shape index (κ2) is 7.96. The molecule has 0 radical (unpaired) electrons. The summed E-state index contributed by atoms with van der Waals surface area (Å²) in [6.45, 7) is 5.10. The van der Waals surface area contributed by atoms with Gasteiger partial charge in [0.1, 0.15) is 4.90 Å². The van der Waals surface area contributed by atoms with Crippen molar-refractivity contribution in [3.8, 4) is 11.5 Å². The number of carbonyl (C=O) groups excluding carboxylic acids is 1. The third kappa shape index (κ3) is 3.67. The van der Waals surface area contributed by atoms with Gasteiger partial charge in [-0.15, -0.1) is 0 Å². The van der Waals surface area contributed by atoms with Crippen molar-refractivity contribution in [3.63, 3.8) is 0 Å². The topological polar surface area (TPSA) is 89.9 Å². The lowest BCUT2D eigenvalue weighted by molar-refractivity contribution is 0.0719. The van der Waals surface area contributed by atoms with Crippen LogP contribution in [0.4, 0.5) is 0 Å². The van der Waals surface area contributed by atoms with Crippen LogP contribution < -0.4 is 14.2 Å². The first-order valence-electron chi connectivity index (χ1n) is 10.1. The van der Waals surface area contributed by atoms with Crippen LogP contribution >= 0.6 is 0 Å². The molecule has 162 valence electrons. The molecule has 30 heavy (non-hydrogen) atoms. The minimum Gasteiger partial charge on any atom is -0.454 e. The molecule has 1 N–H and O–H groups in total. The SMILES string of the molecule is Cc1c(C(=O)N2CCCCC2)c(S(=O)(=O)NCc2ccc3c(c2)OCO3)c(C)n1C. The van der Waals surface area contributed by atoms with Gasteiger partial charge in [0.2, 0.25) is 16.8 Å². The number of hydrogen-bond donors (Lipinski definition) is 1. The Kier molecular flexibility index (Phi) is 5.50. The molecule has 9 heteroatoms. The van der Waals surface area contributed by atoms with E-state index in [1.54, 1.807) is 48.6 Å². The molecular weight excluding hydrogens is 406 g/mol. The van der Waals surface area contributed by atoms with Crippen LogP contribution in [0.25, 0.3) is 0 Å². The molecule has 1 fully saturated rings. The van der Waals surface area contributed by atoms with E-state index in [4.69, 9.17) is 9.47 Å². The largest absolute Gasteiger partial charge is 0.454 e. The molecule has 1 saturated heterocycles. The highest BCUT2D eigenvalue weighted by Gasteiger charge is 2.33. The number of hydrogen-bond acceptors (Lipinski definition) is 5. The zero-order valence-electron chi connectivity index (χ0n) is 17.5. The van der Waals surface area contributed by atoms with Gasteiger partial charge in [0.05, 0.1) is 5.56 Å². The van der Waals surface area contributed by atoms with E-state index in [2.05, 4.69) is 4.72 Å². The van der Waals surface area contributed by atoms with Gasteiger partial charge >= 0.3 is 0 Å². The predicted octanol–water partition coefficient (Wildman–Crippen LogP) is 2.48. The molecule has 1 amide bonds. The maximum absolute atomic E-state index is 13.3. The van der Waals surface area contributed by atoms with Crippen molar-refractivity contribution in [3.05, 3.63) is 40.7 Å². The van der Waals surface area contributed by atoms with Gasteiger partial charge < -0.3 is 18.9 Å². The van der Waals surface area contributed by atoms with Crippen LogP contribution in [-0.4, -0.2) is 43.7 Å². The van der Waals surface area contributed by atoms with Crippen LogP contribution in [-0.2, 0) is 23.6 Å². The van der Waals surface area contributed by atoms with Crippen molar-refractivity contribution in [2.75, 3.05) is 19.9 Å². The number of nitrogens with one attached hydrogen (secondary N) is 1. The van der Waals surface area contributed by atoms with Crippen LogP contribution in [0, 0.1) is 13.8 Å². The van der Waals surface area contributed by atoms with Crippen LogP contribution in [0.1, 0.15) is 46.6 Å². The predicted molar refractivity (Wildman–Crippen MR) is 111 cm³/mol. The number of piperidine rings is 1. The van der Waals surface area contributed by atoms with E-state index in [0.717, 1.165) is 24.8 Å². The highest BCUT2D eigenvalue weighted by Crippen LogP contribution is 2.33. The number of sulfonamides is 1. The summed E-state index contributed by atoms with van der Waals surface area (Å²) in [5.41, 5.74) is 2.23. The molecule has 0 aliphatic carbocycles. The molecule has 3 heterocycles. The number of rotatable bonds is 5. The van der Waals surface area contributed by atoms with E-state index in [1.807, 2.05) is 0 Å². The summed E-state index contributed by atoms with van der Waals surface area (Å²) in [5.74, 6) is 1.03. The first-order chi connectivity index (χ1) is 14.3. The van der Waals surface area contributed by atoms with E-state index in [-0.39, 0.29) is 29.7 Å². The zero-order valence-corrected chi connectivity index (χ0v) is 18.3. The molecule has 0 bridgehead atoms. The molecule has 0 spiro atoms. The Labute approximate surface area is 176 Å². The molecule has 2 aliphatic rings. The van der Waals surface area contributed by atoms with Crippen molar-refractivity contribution in [2.24, 2.45) is 7.05 Å². The Morgan fingerprint density at radius 1 is 1.07 bits per heavy atom. The third-order valence-electron chi connectivity index (χ3n) is 5.95. The molecule has 8 nitrogen and oxygen atoms in total. The fourth-order valence-electron chi connectivity index (χ4n) is 4.05. The Morgan fingerprint density at radius 2 is 1.77 bits per heavy atom. The lowest BCUT2D eigenvalue weighted by Crippen LogP contribution is -2.37. The third-order valence-corrected chi connectivity index (χ3v) is 7.51. The summed E-state index contributed by atoms with van der Waals surface area (Å²) in [6.07, 6.45) is 2.99. The van der Waals surface area contributed by atoms with Crippen molar-refractivity contribution in [1.82, 2.24) is 14.2 Å². The standard InChI is InChI=1S/C21H27N3O5S/c1-14-19(21(25)24-9-5-4-6-10-24)20(15(2)23(14)3)30(26,27)22-12-16-7-8-17-18(11-16)29-13-28-17/h7-8,11,22H,4-6,9-10,12-13H2,1-3H3. The van der Waals surface area contributed by atoms with Gasteiger partial charge in [0, 0.05) is 38.1 Å². The van der Waals surface area contributed by atoms with Gasteiger partial charge in [0.15, 0.2) is 11.5 Å². The first kappa shape index (κ1) is 20.7. The van der Waals surface area contributed by atoms with Gasteiger partial charge in [-0.3, -0.25) is 4.79 Å². The normalized spacial score (nSPS) is 16.2. The number of aromatic nitrogens is 1. The van der Waals surface area contributed by atoms with Gasteiger partial charge in [-0.2, -0.15) is 0 Å². The maximum Gasteiger partial charge on any atom is 0.257 e. The van der Waals surface area contributed by atoms with Crippen LogP contribution in [0.15, 0.2) is 23.1 Å². The summed E-state index contributed by atoms with van der Waals surface area (Å²) in [4.78, 5) is 15.1. The van der Waals surface area contributed by atoms with Gasteiger partial charge in [-0.25, -0.2) is 13.1 Å². The maximum atomic E-state index is 13.3. The smallest absolute Gasteiger partial charge is 0.257 e. The number of benzene rings is 1. The van der Waals surface area contributed by atoms with E-state index >= 15 is 0 Å². The molecule has 0 unspecified atom stereocenters. The Hall–Kier alpha value is -2.52. The monoisotopic (exact) mass is 433 g/mol. The quantitative estimate of drug-likeness (QED) is 0.782. The second-order valence-electron chi connectivity index (χ2n) is 7.80. The lowest BCUT2D eigenvalue weighted by atomic mass is 10.1. The van der Waals surface area contributed by atoms with Crippen molar-refractivity contribution in [1.29, 1.82) is 0 Å². The lowest BCUT2D eigenvalue weighted by Gasteiger charge is -2.27. The minimum absolute atomic E-state index is 0.0683. The molecule has 0 saturated carbocycles. The number of ether oxygens (including phenoxy) is 2. The van der Waals surface area contributed by atoms with E-state index in [9.17, 15) is 13.2 Å². The molecule has 1 aromatic carbocycles. The average molecular weight is 434 g/mol. The molecule has 4 rings (SSSR count). The van der Waals surface area contributed by atoms with Crippen LogP contribution in [0.5, 0.6) is 11.5 Å². The molecule has 2 aliphatic heterocycles. The van der Waals surface area contributed by atoms with Gasteiger partial charge in [-0.05, 0) is 50.8 Å². The first-order valence-corrected chi connectivity index (χ1v) is 11.6. The van der Waals surface area contributed by atoms with Crippen molar-refractivity contribution in [2.45, 2.75) is 44.6 Å². The molecule has 1 aromatic heterocycles. The summed E-state index contributed by atoms with van der Waals surface area (Å²) >= 11 is 0. The summed E-state index contributed by atoms with van der Waals surface area (Å²) in [6, 6.07) is 5.31. The number of carbonyl (C=O) groups is 1. The van der Waals surface area contributed by atoms with Crippen molar-refractivity contribution >= 4 is 15.9 Å². The van der Waals surface area contributed by atoms with E-state index in [1.165, 1.54) is 0 Å². The molecular formula is C21H27N3O5S. The second-order valence-corrected chi connectivity index (χ2v) is 9.50. The Bertz CT molecular complexity index is 1080. The fourth-order valence-corrected chi connectivity index (χ4v) is 5.58. The summed E-state index contributed by atoms with van der Waals surface area (Å²) in [7, 11) is -2.12. The van der Waals surface area contributed by atoms with Crippen molar-refractivity contribution < 1.29 is 22.7 Å². The molecule has 2 aromatic rings. The highest BCUT2D eigenvalue weighted by molar-refractivity contribution is 7.89. The number of amides is 1. The van der Waals surface area contributed by atoms with Crippen LogP contribution in [0.2, 0.25) is 0 Å². The Balaban J connectivity index is 1.63. The van der Waals surface area contributed by atoms with E-state index < -0.39 is 10.0 Å². The summed E-state index contributed by atoms with van der Waals surface area (Å²) < 4.78 is 41.6. The number of likely N-dealkylation sites (tertiary alicyclic amines) is 1. The van der Waals surface area contributed by atoms with Crippen LogP contribution in [0.3, 0.4) is 0 Å². The number of nitrogens with zero attached hydrogens (tertiary/aromatic N) is 2. The zero-order chi connectivity index (χ0) is 21.5. The Morgan fingerprint density at radius 3 is 2.50 bits per heavy atom. The number of fused-ring (bicyclic) bond motifs is 1.